The van der Waals surface area contributed by atoms with E-state index in [1.54, 1.807) is 6.92 Å². The zero-order valence-electron chi connectivity index (χ0n) is 11.0. The predicted molar refractivity (Wildman–Crippen MR) is 67.5 cm³/mol. The first-order valence-electron chi connectivity index (χ1n) is 6.04. The molecular weight excluding hydrogens is 250 g/mol. The van der Waals surface area contributed by atoms with Gasteiger partial charge >= 0.3 is 5.97 Å². The zero-order chi connectivity index (χ0) is 14.3. The Kier molecular flexibility index (Phi) is 5.72. The van der Waals surface area contributed by atoms with E-state index in [0.29, 0.717) is 12.1 Å². The van der Waals surface area contributed by atoms with Gasteiger partial charge in [0.1, 0.15) is 13.1 Å². The maximum absolute atomic E-state index is 11.6. The van der Waals surface area contributed by atoms with Gasteiger partial charge in [-0.15, -0.1) is 0 Å². The highest BCUT2D eigenvalue weighted by Gasteiger charge is 2.08. The lowest BCUT2D eigenvalue weighted by molar-refractivity contribution is -0.143. The second-order valence-corrected chi connectivity index (χ2v) is 3.78. The summed E-state index contributed by atoms with van der Waals surface area (Å²) in [5.74, 6) is -0.955. The normalized spacial score (nSPS) is 10.0. The summed E-state index contributed by atoms with van der Waals surface area (Å²) >= 11 is 0. The molecule has 0 atom stereocenters. The number of aryl methyl sites for hydroxylation is 1. The minimum atomic E-state index is -0.511. The monoisotopic (exact) mass is 267 g/mol. The topological polar surface area (TPSA) is 90.3 Å². The minimum absolute atomic E-state index is 0.171. The third-order valence-electron chi connectivity index (χ3n) is 2.35. The first-order chi connectivity index (χ1) is 9.06. The third-order valence-corrected chi connectivity index (χ3v) is 2.35. The molecule has 1 N–H and O–H groups in total. The fourth-order valence-electron chi connectivity index (χ4n) is 1.37. The largest absolute Gasteiger partial charge is 0.465 e. The van der Waals surface area contributed by atoms with Gasteiger partial charge in [-0.3, -0.25) is 19.0 Å². The van der Waals surface area contributed by atoms with Crippen LogP contribution >= 0.6 is 0 Å². The van der Waals surface area contributed by atoms with Crippen molar-refractivity contribution in [2.45, 2.75) is 26.8 Å². The van der Waals surface area contributed by atoms with Crippen LogP contribution in [-0.4, -0.2) is 34.6 Å². The van der Waals surface area contributed by atoms with Crippen LogP contribution in [0.15, 0.2) is 17.2 Å². The Morgan fingerprint density at radius 2 is 2.16 bits per heavy atom. The summed E-state index contributed by atoms with van der Waals surface area (Å²) in [4.78, 5) is 38.2. The molecule has 0 aromatic carbocycles. The number of esters is 1. The van der Waals surface area contributed by atoms with Crippen molar-refractivity contribution in [3.8, 4) is 0 Å². The van der Waals surface area contributed by atoms with Gasteiger partial charge in [0.05, 0.1) is 12.9 Å². The van der Waals surface area contributed by atoms with Crippen molar-refractivity contribution in [2.24, 2.45) is 0 Å². The molecular formula is C12H17N3O4. The first-order valence-corrected chi connectivity index (χ1v) is 6.04. The Balaban J connectivity index is 2.53. The standard InChI is InChI=1S/C12H17N3O4/c1-3-9-5-11(17)15(8-14-9)7-10(16)13-6-12(18)19-4-2/h5,8H,3-4,6-7H2,1-2H3,(H,13,16). The van der Waals surface area contributed by atoms with Gasteiger partial charge in [0.25, 0.3) is 5.56 Å². The summed E-state index contributed by atoms with van der Waals surface area (Å²) in [5.41, 5.74) is 0.381. The van der Waals surface area contributed by atoms with Crippen LogP contribution < -0.4 is 10.9 Å². The van der Waals surface area contributed by atoms with Gasteiger partial charge in [0.15, 0.2) is 0 Å². The fraction of sp³-hybridized carbons (Fsp3) is 0.500. The van der Waals surface area contributed by atoms with E-state index < -0.39 is 11.9 Å². The number of carbonyl (C=O) groups excluding carboxylic acids is 2. The molecule has 7 nitrogen and oxygen atoms in total. The van der Waals surface area contributed by atoms with E-state index in [2.05, 4.69) is 15.0 Å². The maximum atomic E-state index is 11.6. The molecule has 0 aliphatic heterocycles. The van der Waals surface area contributed by atoms with Gasteiger partial charge in [-0.2, -0.15) is 0 Å². The molecule has 0 spiro atoms. The van der Waals surface area contributed by atoms with Gasteiger partial charge in [-0.1, -0.05) is 6.92 Å². The molecule has 0 fully saturated rings. The number of carbonyl (C=O) groups is 2. The molecule has 1 heterocycles. The molecule has 0 bridgehead atoms. The molecule has 0 aliphatic carbocycles. The van der Waals surface area contributed by atoms with E-state index >= 15 is 0 Å². The Hall–Kier alpha value is -2.18. The number of nitrogens with zero attached hydrogens (tertiary/aromatic N) is 2. The summed E-state index contributed by atoms with van der Waals surface area (Å²) in [7, 11) is 0. The Bertz CT molecular complexity index is 510. The SMILES string of the molecule is CCOC(=O)CNC(=O)Cn1cnc(CC)cc1=O. The molecule has 0 aliphatic rings. The van der Waals surface area contributed by atoms with Crippen molar-refractivity contribution < 1.29 is 14.3 Å². The van der Waals surface area contributed by atoms with Crippen LogP contribution in [-0.2, 0) is 27.3 Å². The second-order valence-electron chi connectivity index (χ2n) is 3.78. The molecule has 1 amide bonds. The highest BCUT2D eigenvalue weighted by molar-refractivity contribution is 5.81. The summed E-state index contributed by atoms with van der Waals surface area (Å²) in [6, 6.07) is 1.39. The van der Waals surface area contributed by atoms with Crippen LogP contribution in [0, 0.1) is 0 Å². The third kappa shape index (κ3) is 4.90. The van der Waals surface area contributed by atoms with Crippen molar-refractivity contribution in [3.05, 3.63) is 28.4 Å². The van der Waals surface area contributed by atoms with Crippen molar-refractivity contribution in [2.75, 3.05) is 13.2 Å². The fourth-order valence-corrected chi connectivity index (χ4v) is 1.37. The van der Waals surface area contributed by atoms with Gasteiger partial charge in [0.2, 0.25) is 5.91 Å². The van der Waals surface area contributed by atoms with Crippen molar-refractivity contribution in [1.82, 2.24) is 14.9 Å². The molecule has 0 saturated heterocycles. The van der Waals surface area contributed by atoms with Crippen molar-refractivity contribution in [3.63, 3.8) is 0 Å². The van der Waals surface area contributed by atoms with Crippen molar-refractivity contribution >= 4 is 11.9 Å². The number of hydrogen-bond donors (Lipinski definition) is 1. The zero-order valence-corrected chi connectivity index (χ0v) is 11.0. The number of ether oxygens (including phenoxy) is 1. The van der Waals surface area contributed by atoms with Gasteiger partial charge < -0.3 is 10.1 Å². The quantitative estimate of drug-likeness (QED) is 0.701. The number of amides is 1. The van der Waals surface area contributed by atoms with E-state index in [0.717, 1.165) is 0 Å². The summed E-state index contributed by atoms with van der Waals surface area (Å²) in [6.45, 7) is 3.45. The number of aromatic nitrogens is 2. The molecule has 0 saturated carbocycles. The van der Waals surface area contributed by atoms with Crippen molar-refractivity contribution in [1.29, 1.82) is 0 Å². The van der Waals surface area contributed by atoms with Crippen LogP contribution in [0.25, 0.3) is 0 Å². The summed E-state index contributed by atoms with van der Waals surface area (Å²) in [6.07, 6.45) is 1.98. The van der Waals surface area contributed by atoms with Crippen LogP contribution in [0.2, 0.25) is 0 Å². The summed E-state index contributed by atoms with van der Waals surface area (Å²) < 4.78 is 5.84. The molecule has 1 rings (SSSR count). The average Bonchev–Trinajstić information content (AvgIpc) is 2.39. The smallest absolute Gasteiger partial charge is 0.325 e. The van der Waals surface area contributed by atoms with E-state index in [4.69, 9.17) is 0 Å². The van der Waals surface area contributed by atoms with Crippen LogP contribution in [0.1, 0.15) is 19.5 Å². The van der Waals surface area contributed by atoms with E-state index in [-0.39, 0.29) is 25.3 Å². The summed E-state index contributed by atoms with van der Waals surface area (Å²) in [5, 5.41) is 2.37. The van der Waals surface area contributed by atoms with Gasteiger partial charge in [0, 0.05) is 11.8 Å². The van der Waals surface area contributed by atoms with E-state index in [1.807, 2.05) is 6.92 Å². The molecule has 19 heavy (non-hydrogen) atoms. The number of hydrogen-bond acceptors (Lipinski definition) is 5. The van der Waals surface area contributed by atoms with Gasteiger partial charge in [-0.25, -0.2) is 4.98 Å². The molecule has 1 aromatic rings. The lowest BCUT2D eigenvalue weighted by Gasteiger charge is -2.07. The highest BCUT2D eigenvalue weighted by Crippen LogP contribution is 1.89. The molecule has 7 heteroatoms. The second kappa shape index (κ2) is 7.30. The molecule has 1 aromatic heterocycles. The minimum Gasteiger partial charge on any atom is -0.465 e. The maximum Gasteiger partial charge on any atom is 0.325 e. The predicted octanol–water partition coefficient (Wildman–Crippen LogP) is -0.515. The molecule has 104 valence electrons. The van der Waals surface area contributed by atoms with Crippen LogP contribution in [0.3, 0.4) is 0 Å². The Morgan fingerprint density at radius 3 is 2.74 bits per heavy atom. The van der Waals surface area contributed by atoms with Crippen LogP contribution in [0.4, 0.5) is 0 Å². The lowest BCUT2D eigenvalue weighted by Crippen LogP contribution is -2.35. The Labute approximate surface area is 110 Å². The van der Waals surface area contributed by atoms with Crippen LogP contribution in [0.5, 0.6) is 0 Å². The number of nitrogens with one attached hydrogen (secondary N) is 1. The average molecular weight is 267 g/mol. The van der Waals surface area contributed by atoms with Gasteiger partial charge in [-0.05, 0) is 13.3 Å². The van der Waals surface area contributed by atoms with E-state index in [9.17, 15) is 14.4 Å². The van der Waals surface area contributed by atoms with E-state index in [1.165, 1.54) is 17.0 Å². The highest BCUT2D eigenvalue weighted by atomic mass is 16.5. The molecule has 0 unspecified atom stereocenters. The molecule has 0 radical (unpaired) electrons. The lowest BCUT2D eigenvalue weighted by atomic mass is 10.3. The Morgan fingerprint density at radius 1 is 1.42 bits per heavy atom. The number of rotatable bonds is 6. The first kappa shape index (κ1) is 14.9.